The standard InChI is InChI=1S/C14H17N2S/c1-2-3-7-10-15-14-16-13(11-17-14)12-8-5-4-6-9-12/h4-6,8-9H,2-3,7,10H2,1H3,(H,15,16). The van der Waals surface area contributed by atoms with Crippen molar-refractivity contribution >= 4 is 16.5 Å². The number of rotatable bonds is 6. The lowest BCUT2D eigenvalue weighted by atomic mass is 10.2. The van der Waals surface area contributed by atoms with Crippen molar-refractivity contribution in [3.63, 3.8) is 0 Å². The second kappa shape index (κ2) is 6.40. The van der Waals surface area contributed by atoms with Crippen LogP contribution in [0.5, 0.6) is 0 Å². The van der Waals surface area contributed by atoms with Crippen molar-refractivity contribution in [2.24, 2.45) is 0 Å². The molecule has 0 aliphatic heterocycles. The summed E-state index contributed by atoms with van der Waals surface area (Å²) in [6.45, 7) is 3.22. The van der Waals surface area contributed by atoms with Crippen molar-refractivity contribution in [3.05, 3.63) is 35.7 Å². The van der Waals surface area contributed by atoms with Crippen LogP contribution in [-0.4, -0.2) is 11.5 Å². The Morgan fingerprint density at radius 3 is 2.82 bits per heavy atom. The molecule has 0 fully saturated rings. The summed E-state index contributed by atoms with van der Waals surface area (Å²) >= 11 is 1.56. The quantitative estimate of drug-likeness (QED) is 0.771. The number of hydrogen-bond acceptors (Lipinski definition) is 3. The third-order valence-corrected chi connectivity index (χ3v) is 3.29. The SMILES string of the molecule is CCCCCNc1nc(-c2ccccc2)[c]s1. The number of unbranched alkanes of at least 4 members (excludes halogenated alkanes) is 2. The summed E-state index contributed by atoms with van der Waals surface area (Å²) in [5, 5.41) is 7.55. The summed E-state index contributed by atoms with van der Waals surface area (Å²) in [4.78, 5) is 4.53. The fourth-order valence-corrected chi connectivity index (χ4v) is 2.28. The van der Waals surface area contributed by atoms with Gasteiger partial charge in [0.05, 0.1) is 11.1 Å². The van der Waals surface area contributed by atoms with Crippen molar-refractivity contribution in [2.45, 2.75) is 26.2 Å². The zero-order valence-corrected chi connectivity index (χ0v) is 10.9. The zero-order valence-electron chi connectivity index (χ0n) is 10.1. The Bertz CT molecular complexity index is 436. The molecule has 2 nitrogen and oxygen atoms in total. The summed E-state index contributed by atoms with van der Waals surface area (Å²) in [5.74, 6) is 0. The van der Waals surface area contributed by atoms with Crippen LogP contribution in [0.3, 0.4) is 0 Å². The molecular weight excluding hydrogens is 228 g/mol. The van der Waals surface area contributed by atoms with Gasteiger partial charge >= 0.3 is 0 Å². The van der Waals surface area contributed by atoms with Gasteiger partial charge in [-0.1, -0.05) is 61.4 Å². The highest BCUT2D eigenvalue weighted by molar-refractivity contribution is 7.13. The molecule has 0 spiro atoms. The predicted octanol–water partition coefficient (Wildman–Crippen LogP) is 4.21. The van der Waals surface area contributed by atoms with E-state index in [2.05, 4.69) is 34.7 Å². The monoisotopic (exact) mass is 245 g/mol. The smallest absolute Gasteiger partial charge is 0.183 e. The van der Waals surface area contributed by atoms with Crippen LogP contribution in [0.4, 0.5) is 5.13 Å². The summed E-state index contributed by atoms with van der Waals surface area (Å²) < 4.78 is 0. The average molecular weight is 245 g/mol. The van der Waals surface area contributed by atoms with Crippen LogP contribution in [0.1, 0.15) is 26.2 Å². The van der Waals surface area contributed by atoms with Crippen molar-refractivity contribution in [2.75, 3.05) is 11.9 Å². The lowest BCUT2D eigenvalue weighted by Crippen LogP contribution is -2.00. The number of hydrogen-bond donors (Lipinski definition) is 1. The molecular formula is C14H17N2S. The first-order valence-corrected chi connectivity index (χ1v) is 6.89. The lowest BCUT2D eigenvalue weighted by Gasteiger charge is -2.00. The Kier molecular flexibility index (Phi) is 4.56. The van der Waals surface area contributed by atoms with Crippen LogP contribution < -0.4 is 5.32 Å². The highest BCUT2D eigenvalue weighted by Crippen LogP contribution is 2.23. The molecule has 0 aliphatic rings. The van der Waals surface area contributed by atoms with E-state index in [0.717, 1.165) is 22.9 Å². The van der Waals surface area contributed by atoms with Gasteiger partial charge in [-0.05, 0) is 6.42 Å². The summed E-state index contributed by atoms with van der Waals surface area (Å²) in [7, 11) is 0. The van der Waals surface area contributed by atoms with Crippen molar-refractivity contribution in [1.82, 2.24) is 4.98 Å². The molecule has 0 aliphatic carbocycles. The van der Waals surface area contributed by atoms with Gasteiger partial charge in [0.15, 0.2) is 5.13 Å². The van der Waals surface area contributed by atoms with Gasteiger partial charge < -0.3 is 5.32 Å². The van der Waals surface area contributed by atoms with Gasteiger partial charge in [-0.25, -0.2) is 4.98 Å². The molecule has 89 valence electrons. The first-order valence-electron chi connectivity index (χ1n) is 6.08. The minimum atomic E-state index is 0.939. The van der Waals surface area contributed by atoms with E-state index in [1.807, 2.05) is 18.2 Å². The van der Waals surface area contributed by atoms with Crippen LogP contribution in [0.2, 0.25) is 0 Å². The van der Waals surface area contributed by atoms with Gasteiger partial charge in [0, 0.05) is 12.1 Å². The third kappa shape index (κ3) is 3.56. The van der Waals surface area contributed by atoms with Crippen LogP contribution in [-0.2, 0) is 0 Å². The lowest BCUT2D eigenvalue weighted by molar-refractivity contribution is 0.743. The highest BCUT2D eigenvalue weighted by Gasteiger charge is 2.03. The third-order valence-electron chi connectivity index (χ3n) is 2.56. The molecule has 1 radical (unpaired) electrons. The minimum absolute atomic E-state index is 0.939. The van der Waals surface area contributed by atoms with Gasteiger partial charge in [-0.15, -0.1) is 0 Å². The summed E-state index contributed by atoms with van der Waals surface area (Å²) in [6.07, 6.45) is 3.73. The molecule has 0 atom stereocenters. The molecule has 17 heavy (non-hydrogen) atoms. The molecule has 1 N–H and O–H groups in total. The second-order valence-electron chi connectivity index (χ2n) is 3.97. The van der Waals surface area contributed by atoms with Gasteiger partial charge in [-0.2, -0.15) is 0 Å². The zero-order chi connectivity index (χ0) is 11.9. The molecule has 0 saturated heterocycles. The Balaban J connectivity index is 1.92. The maximum atomic E-state index is 4.53. The van der Waals surface area contributed by atoms with Gasteiger partial charge in [0.1, 0.15) is 0 Å². The predicted molar refractivity (Wildman–Crippen MR) is 74.4 cm³/mol. The molecule has 0 amide bonds. The average Bonchev–Trinajstić information content (AvgIpc) is 2.85. The van der Waals surface area contributed by atoms with E-state index in [9.17, 15) is 0 Å². The molecule has 2 rings (SSSR count). The van der Waals surface area contributed by atoms with Crippen LogP contribution in [0, 0.1) is 5.38 Å². The molecule has 3 heteroatoms. The van der Waals surface area contributed by atoms with E-state index in [-0.39, 0.29) is 0 Å². The van der Waals surface area contributed by atoms with E-state index >= 15 is 0 Å². The second-order valence-corrected chi connectivity index (χ2v) is 4.76. The molecule has 1 aromatic carbocycles. The highest BCUT2D eigenvalue weighted by atomic mass is 32.1. The van der Waals surface area contributed by atoms with Gasteiger partial charge in [0.25, 0.3) is 0 Å². The maximum Gasteiger partial charge on any atom is 0.183 e. The van der Waals surface area contributed by atoms with Crippen molar-refractivity contribution in [3.8, 4) is 11.3 Å². The van der Waals surface area contributed by atoms with Crippen molar-refractivity contribution < 1.29 is 0 Å². The minimum Gasteiger partial charge on any atom is -0.361 e. The summed E-state index contributed by atoms with van der Waals surface area (Å²) in [5.41, 5.74) is 2.07. The Labute approximate surface area is 107 Å². The Morgan fingerprint density at radius 1 is 1.24 bits per heavy atom. The first-order chi connectivity index (χ1) is 8.40. The summed E-state index contributed by atoms with van der Waals surface area (Å²) in [6, 6.07) is 10.2. The topological polar surface area (TPSA) is 24.9 Å². The number of aromatic nitrogens is 1. The van der Waals surface area contributed by atoms with E-state index in [4.69, 9.17) is 0 Å². The fourth-order valence-electron chi connectivity index (χ4n) is 1.61. The van der Waals surface area contributed by atoms with Crippen LogP contribution >= 0.6 is 11.3 Å². The molecule has 0 bridgehead atoms. The maximum absolute atomic E-state index is 4.53. The van der Waals surface area contributed by atoms with Crippen molar-refractivity contribution in [1.29, 1.82) is 0 Å². The van der Waals surface area contributed by atoms with E-state index in [0.29, 0.717) is 0 Å². The van der Waals surface area contributed by atoms with E-state index < -0.39 is 0 Å². The molecule has 1 heterocycles. The van der Waals surface area contributed by atoms with Gasteiger partial charge in [-0.3, -0.25) is 0 Å². The molecule has 0 saturated carbocycles. The Morgan fingerprint density at radius 2 is 2.06 bits per heavy atom. The fraction of sp³-hybridized carbons (Fsp3) is 0.357. The van der Waals surface area contributed by atoms with E-state index in [1.165, 1.54) is 19.3 Å². The Hall–Kier alpha value is -1.35. The number of nitrogens with zero attached hydrogens (tertiary/aromatic N) is 1. The molecule has 1 aromatic heterocycles. The number of benzene rings is 1. The largest absolute Gasteiger partial charge is 0.361 e. The van der Waals surface area contributed by atoms with Gasteiger partial charge in [0.2, 0.25) is 0 Å². The number of thiazole rings is 1. The van der Waals surface area contributed by atoms with Crippen LogP contribution in [0.15, 0.2) is 30.3 Å². The first kappa shape index (κ1) is 12.1. The molecule has 0 unspecified atom stereocenters. The van der Waals surface area contributed by atoms with Crippen LogP contribution in [0.25, 0.3) is 11.3 Å². The normalized spacial score (nSPS) is 10.4. The van der Waals surface area contributed by atoms with E-state index in [1.54, 1.807) is 11.3 Å². The number of anilines is 1. The number of nitrogens with one attached hydrogen (secondary N) is 1. The molecule has 2 aromatic rings.